The van der Waals surface area contributed by atoms with E-state index in [9.17, 15) is 4.79 Å². The van der Waals surface area contributed by atoms with Crippen molar-refractivity contribution in [2.45, 2.75) is 13.3 Å². The van der Waals surface area contributed by atoms with Gasteiger partial charge >= 0.3 is 0 Å². The summed E-state index contributed by atoms with van der Waals surface area (Å²) in [4.78, 5) is 12.3. The molecule has 1 aliphatic rings. The van der Waals surface area contributed by atoms with Crippen molar-refractivity contribution in [3.63, 3.8) is 0 Å². The molecule has 1 N–H and O–H groups in total. The van der Waals surface area contributed by atoms with Gasteiger partial charge in [-0.3, -0.25) is 4.79 Å². The van der Waals surface area contributed by atoms with Gasteiger partial charge in [0.15, 0.2) is 11.5 Å². The standard InChI is InChI=1S/C21H21NO4S2/c1-3-14-4-7-16(8-5-14)25-10-11-26-17-9-6-15(12-18(17)24-2)13-19-20(23)22-21(27)28-19/h4-9,12-13H,3,10-11H2,1-2H3,(H,22,23,27). The first-order valence-electron chi connectivity index (χ1n) is 8.86. The first kappa shape index (κ1) is 20.2. The first-order chi connectivity index (χ1) is 13.6. The van der Waals surface area contributed by atoms with Crippen LogP contribution in [0.4, 0.5) is 0 Å². The van der Waals surface area contributed by atoms with E-state index in [1.807, 2.05) is 30.3 Å². The summed E-state index contributed by atoms with van der Waals surface area (Å²) in [6.07, 6.45) is 2.78. The van der Waals surface area contributed by atoms with Gasteiger partial charge in [-0.2, -0.15) is 0 Å². The Labute approximate surface area is 174 Å². The number of nitrogens with one attached hydrogen (secondary N) is 1. The molecule has 0 saturated carbocycles. The quantitative estimate of drug-likeness (QED) is 0.396. The summed E-state index contributed by atoms with van der Waals surface area (Å²) in [5, 5.41) is 2.60. The fourth-order valence-electron chi connectivity index (χ4n) is 2.60. The molecule has 1 saturated heterocycles. The number of aryl methyl sites for hydroxylation is 1. The molecule has 0 radical (unpaired) electrons. The van der Waals surface area contributed by atoms with Crippen molar-refractivity contribution in [1.82, 2.24) is 5.32 Å². The largest absolute Gasteiger partial charge is 0.493 e. The zero-order valence-corrected chi connectivity index (χ0v) is 17.3. The summed E-state index contributed by atoms with van der Waals surface area (Å²) in [6, 6.07) is 13.5. The zero-order valence-electron chi connectivity index (χ0n) is 15.7. The predicted molar refractivity (Wildman–Crippen MR) is 116 cm³/mol. The van der Waals surface area contributed by atoms with Crippen LogP contribution in [0.3, 0.4) is 0 Å². The van der Waals surface area contributed by atoms with Gasteiger partial charge in [0.2, 0.25) is 0 Å². The average molecular weight is 416 g/mol. The number of carbonyl (C=O) groups is 1. The number of thiocarbonyl (C=S) groups is 1. The highest BCUT2D eigenvalue weighted by Crippen LogP contribution is 2.31. The van der Waals surface area contributed by atoms with Crippen LogP contribution in [0.1, 0.15) is 18.1 Å². The lowest BCUT2D eigenvalue weighted by atomic mass is 10.2. The number of carbonyl (C=O) groups excluding carboxylic acids is 1. The molecule has 2 aromatic rings. The smallest absolute Gasteiger partial charge is 0.263 e. The first-order valence-corrected chi connectivity index (χ1v) is 10.1. The number of rotatable bonds is 8. The summed E-state index contributed by atoms with van der Waals surface area (Å²) in [7, 11) is 1.58. The third-order valence-electron chi connectivity index (χ3n) is 4.07. The van der Waals surface area contributed by atoms with Crippen LogP contribution in [0, 0.1) is 0 Å². The Morgan fingerprint density at radius 1 is 1.07 bits per heavy atom. The molecular weight excluding hydrogens is 394 g/mol. The van der Waals surface area contributed by atoms with E-state index in [1.54, 1.807) is 13.2 Å². The van der Waals surface area contributed by atoms with Gasteiger partial charge in [-0.25, -0.2) is 0 Å². The van der Waals surface area contributed by atoms with Gasteiger partial charge in [0.1, 0.15) is 23.3 Å². The monoisotopic (exact) mass is 415 g/mol. The minimum Gasteiger partial charge on any atom is -0.493 e. The second kappa shape index (κ2) is 9.61. The molecule has 0 aromatic heterocycles. The maximum atomic E-state index is 11.8. The van der Waals surface area contributed by atoms with Gasteiger partial charge in [-0.15, -0.1) is 0 Å². The van der Waals surface area contributed by atoms with Crippen LogP contribution in [0.2, 0.25) is 0 Å². The molecule has 1 fully saturated rings. The van der Waals surface area contributed by atoms with Crippen molar-refractivity contribution in [2.75, 3.05) is 20.3 Å². The van der Waals surface area contributed by atoms with E-state index in [0.717, 1.165) is 17.7 Å². The molecule has 0 aliphatic carbocycles. The van der Waals surface area contributed by atoms with Crippen molar-refractivity contribution in [2.24, 2.45) is 0 Å². The summed E-state index contributed by atoms with van der Waals surface area (Å²) in [5.41, 5.74) is 2.11. The second-order valence-corrected chi connectivity index (χ2v) is 7.68. The second-order valence-electron chi connectivity index (χ2n) is 5.96. The van der Waals surface area contributed by atoms with Crippen LogP contribution in [0.5, 0.6) is 17.2 Å². The van der Waals surface area contributed by atoms with Gasteiger partial charge in [0.25, 0.3) is 5.91 Å². The third-order valence-corrected chi connectivity index (χ3v) is 5.23. The Morgan fingerprint density at radius 2 is 1.82 bits per heavy atom. The highest BCUT2D eigenvalue weighted by molar-refractivity contribution is 8.26. The minimum absolute atomic E-state index is 0.182. The SMILES string of the molecule is CCc1ccc(OCCOc2ccc(C=C3SC(=S)NC3=O)cc2OC)cc1. The number of benzene rings is 2. The van der Waals surface area contributed by atoms with Gasteiger partial charge in [-0.1, -0.05) is 49.1 Å². The lowest BCUT2D eigenvalue weighted by Crippen LogP contribution is -2.17. The highest BCUT2D eigenvalue weighted by Gasteiger charge is 2.22. The number of methoxy groups -OCH3 is 1. The Morgan fingerprint density at radius 3 is 2.46 bits per heavy atom. The molecule has 0 bridgehead atoms. The highest BCUT2D eigenvalue weighted by atomic mass is 32.2. The number of hydrogen-bond acceptors (Lipinski definition) is 6. The molecule has 146 valence electrons. The number of hydrogen-bond donors (Lipinski definition) is 1. The molecule has 28 heavy (non-hydrogen) atoms. The lowest BCUT2D eigenvalue weighted by molar-refractivity contribution is -0.115. The fourth-order valence-corrected chi connectivity index (χ4v) is 3.64. The summed E-state index contributed by atoms with van der Waals surface area (Å²) < 4.78 is 17.4. The Bertz CT molecular complexity index is 894. The normalized spacial score (nSPS) is 14.9. The Hall–Kier alpha value is -2.51. The van der Waals surface area contributed by atoms with Crippen molar-refractivity contribution in [1.29, 1.82) is 0 Å². The number of ether oxygens (including phenoxy) is 3. The third kappa shape index (κ3) is 5.27. The van der Waals surface area contributed by atoms with E-state index in [-0.39, 0.29) is 5.91 Å². The van der Waals surface area contributed by atoms with Crippen molar-refractivity contribution >= 4 is 40.3 Å². The van der Waals surface area contributed by atoms with E-state index in [0.29, 0.717) is 33.9 Å². The van der Waals surface area contributed by atoms with E-state index >= 15 is 0 Å². The predicted octanol–water partition coefficient (Wildman–Crippen LogP) is 4.20. The van der Waals surface area contributed by atoms with Crippen molar-refractivity contribution in [3.05, 3.63) is 58.5 Å². The van der Waals surface area contributed by atoms with Crippen LogP contribution in [-0.4, -0.2) is 30.6 Å². The van der Waals surface area contributed by atoms with Crippen LogP contribution >= 0.6 is 24.0 Å². The molecule has 0 atom stereocenters. The van der Waals surface area contributed by atoms with Crippen LogP contribution < -0.4 is 19.5 Å². The molecule has 2 aromatic carbocycles. The van der Waals surface area contributed by atoms with Crippen LogP contribution in [0.25, 0.3) is 6.08 Å². The molecular formula is C21H21NO4S2. The van der Waals surface area contributed by atoms with Gasteiger partial charge in [0, 0.05) is 0 Å². The van der Waals surface area contributed by atoms with E-state index in [4.69, 9.17) is 26.4 Å². The molecule has 1 amide bonds. The van der Waals surface area contributed by atoms with E-state index in [2.05, 4.69) is 24.4 Å². The average Bonchev–Trinajstić information content (AvgIpc) is 3.03. The van der Waals surface area contributed by atoms with Crippen molar-refractivity contribution in [3.8, 4) is 17.2 Å². The number of thioether (sulfide) groups is 1. The van der Waals surface area contributed by atoms with Crippen LogP contribution in [0.15, 0.2) is 47.4 Å². The van der Waals surface area contributed by atoms with Crippen LogP contribution in [-0.2, 0) is 11.2 Å². The summed E-state index contributed by atoms with van der Waals surface area (Å²) in [6.45, 7) is 2.93. The van der Waals surface area contributed by atoms with Gasteiger partial charge in [-0.05, 0) is 47.9 Å². The lowest BCUT2D eigenvalue weighted by Gasteiger charge is -2.12. The van der Waals surface area contributed by atoms with E-state index in [1.165, 1.54) is 17.3 Å². The topological polar surface area (TPSA) is 56.8 Å². The Kier molecular flexibility index (Phi) is 6.95. The minimum atomic E-state index is -0.182. The summed E-state index contributed by atoms with van der Waals surface area (Å²) >= 11 is 6.25. The molecule has 0 spiro atoms. The van der Waals surface area contributed by atoms with Gasteiger partial charge < -0.3 is 19.5 Å². The van der Waals surface area contributed by atoms with Crippen molar-refractivity contribution < 1.29 is 19.0 Å². The van der Waals surface area contributed by atoms with E-state index < -0.39 is 0 Å². The molecule has 1 aliphatic heterocycles. The zero-order chi connectivity index (χ0) is 19.9. The maximum absolute atomic E-state index is 11.8. The molecule has 5 nitrogen and oxygen atoms in total. The van der Waals surface area contributed by atoms with Gasteiger partial charge in [0.05, 0.1) is 12.0 Å². The Balaban J connectivity index is 1.57. The maximum Gasteiger partial charge on any atom is 0.263 e. The molecule has 3 rings (SSSR count). The molecule has 0 unspecified atom stereocenters. The molecule has 7 heteroatoms. The fraction of sp³-hybridized carbons (Fsp3) is 0.238. The summed E-state index contributed by atoms with van der Waals surface area (Å²) in [5.74, 6) is 1.85. The number of amides is 1. The molecule has 1 heterocycles.